The van der Waals surface area contributed by atoms with Crippen LogP contribution < -0.4 is 4.90 Å². The summed E-state index contributed by atoms with van der Waals surface area (Å²) in [6.07, 6.45) is 2.72. The first-order chi connectivity index (χ1) is 15.9. The Bertz CT molecular complexity index is 1170. The number of hydrogen-bond donors (Lipinski definition) is 1. The van der Waals surface area contributed by atoms with Crippen molar-refractivity contribution in [2.24, 2.45) is 0 Å². The third kappa shape index (κ3) is 4.02. The Kier molecular flexibility index (Phi) is 5.87. The lowest BCUT2D eigenvalue weighted by Gasteiger charge is -2.39. The maximum Gasteiger partial charge on any atom is 0.265 e. The predicted octanol–water partition coefficient (Wildman–Crippen LogP) is 3.10. The number of fused-ring (bicyclic) bond motifs is 1. The number of aliphatic hydroxyl groups is 1. The Morgan fingerprint density at radius 2 is 2.03 bits per heavy atom. The molecule has 0 aliphatic carbocycles. The van der Waals surface area contributed by atoms with Crippen molar-refractivity contribution in [3.63, 3.8) is 0 Å². The molecule has 174 valence electrons. The van der Waals surface area contributed by atoms with Gasteiger partial charge in [-0.3, -0.25) is 4.79 Å². The second-order valence-corrected chi connectivity index (χ2v) is 10.5. The maximum absolute atomic E-state index is 14.8. The van der Waals surface area contributed by atoms with Gasteiger partial charge in [-0.2, -0.15) is 16.9 Å². The number of hydrogen-bond acceptors (Lipinski definition) is 7. The minimum atomic E-state index is -1.86. The Morgan fingerprint density at radius 3 is 2.70 bits per heavy atom. The van der Waals surface area contributed by atoms with E-state index in [4.69, 9.17) is 0 Å². The van der Waals surface area contributed by atoms with Gasteiger partial charge in [-0.15, -0.1) is 11.3 Å². The van der Waals surface area contributed by atoms with Gasteiger partial charge in [-0.25, -0.2) is 18.4 Å². The second kappa shape index (κ2) is 8.69. The van der Waals surface area contributed by atoms with Crippen molar-refractivity contribution in [3.05, 3.63) is 64.6 Å². The lowest BCUT2D eigenvalue weighted by molar-refractivity contribution is -0.0556. The average molecular weight is 492 g/mol. The van der Waals surface area contributed by atoms with E-state index in [0.29, 0.717) is 11.4 Å². The van der Waals surface area contributed by atoms with Crippen LogP contribution in [0.5, 0.6) is 0 Å². The molecule has 2 atom stereocenters. The molecule has 5 rings (SSSR count). The van der Waals surface area contributed by atoms with Gasteiger partial charge in [0.25, 0.3) is 5.91 Å². The highest BCUT2D eigenvalue weighted by Crippen LogP contribution is 2.41. The molecule has 2 aliphatic heterocycles. The number of carbonyl (C=O) groups excluding carboxylic acids is 1. The highest BCUT2D eigenvalue weighted by atomic mass is 32.2. The molecule has 1 aromatic carbocycles. The van der Waals surface area contributed by atoms with E-state index in [9.17, 15) is 18.7 Å². The summed E-state index contributed by atoms with van der Waals surface area (Å²) in [7, 11) is 0. The van der Waals surface area contributed by atoms with Crippen LogP contribution in [0.1, 0.15) is 27.7 Å². The van der Waals surface area contributed by atoms with Gasteiger partial charge >= 0.3 is 0 Å². The fourth-order valence-electron chi connectivity index (χ4n) is 4.45. The van der Waals surface area contributed by atoms with Crippen LogP contribution in [0.2, 0.25) is 0 Å². The van der Waals surface area contributed by atoms with Gasteiger partial charge in [0.15, 0.2) is 0 Å². The molecule has 33 heavy (non-hydrogen) atoms. The maximum atomic E-state index is 14.8. The Morgan fingerprint density at radius 1 is 1.24 bits per heavy atom. The third-order valence-corrected chi connectivity index (χ3v) is 8.51. The molecule has 2 aromatic heterocycles. The topological polar surface area (TPSA) is 74.5 Å². The fourth-order valence-corrected chi connectivity index (χ4v) is 6.54. The normalized spacial score (nSPS) is 19.0. The number of nitrogens with zero attached hydrogens (tertiary/aromatic N) is 5. The first-order valence-electron chi connectivity index (χ1n) is 10.6. The number of thioether (sulfide) groups is 1. The summed E-state index contributed by atoms with van der Waals surface area (Å²) in [4.78, 5) is 21.8. The van der Waals surface area contributed by atoms with Crippen LogP contribution in [-0.4, -0.2) is 61.3 Å². The molecule has 2 aliphatic rings. The molecule has 1 saturated heterocycles. The number of amides is 1. The minimum absolute atomic E-state index is 0.0959. The van der Waals surface area contributed by atoms with Crippen LogP contribution in [-0.2, 0) is 18.7 Å². The Balaban J connectivity index is 1.45. The van der Waals surface area contributed by atoms with Gasteiger partial charge in [0.2, 0.25) is 0 Å². The number of thiophene rings is 1. The number of benzene rings is 1. The smallest absolute Gasteiger partial charge is 0.265 e. The number of halogens is 2. The Hall–Kier alpha value is -2.50. The molecule has 1 amide bonds. The molecule has 3 aromatic rings. The van der Waals surface area contributed by atoms with Crippen LogP contribution in [0, 0.1) is 11.6 Å². The number of carbonyl (C=O) groups is 1. The molecule has 1 fully saturated rings. The van der Waals surface area contributed by atoms with Gasteiger partial charge < -0.3 is 14.9 Å². The summed E-state index contributed by atoms with van der Waals surface area (Å²) in [5.41, 5.74) is -1.04. The third-order valence-electron chi connectivity index (χ3n) is 6.34. The fraction of sp³-hybridized carbons (Fsp3) is 0.409. The van der Waals surface area contributed by atoms with Crippen molar-refractivity contribution in [2.75, 3.05) is 29.5 Å². The van der Waals surface area contributed by atoms with Gasteiger partial charge in [0, 0.05) is 42.8 Å². The van der Waals surface area contributed by atoms with Gasteiger partial charge in [-0.1, -0.05) is 6.07 Å². The van der Waals surface area contributed by atoms with Gasteiger partial charge in [-0.05, 0) is 24.6 Å². The summed E-state index contributed by atoms with van der Waals surface area (Å²) < 4.78 is 29.8. The molecular weight excluding hydrogens is 468 g/mol. The lowest BCUT2D eigenvalue weighted by atomic mass is 9.85. The monoisotopic (exact) mass is 491 g/mol. The molecule has 7 nitrogen and oxygen atoms in total. The molecular formula is C22H23F2N5O2S2. The first-order valence-corrected chi connectivity index (χ1v) is 12.6. The van der Waals surface area contributed by atoms with Gasteiger partial charge in [0.1, 0.15) is 29.9 Å². The number of aromatic nitrogens is 3. The molecule has 1 N–H and O–H groups in total. The van der Waals surface area contributed by atoms with E-state index in [1.54, 1.807) is 11.8 Å². The molecule has 0 spiro atoms. The van der Waals surface area contributed by atoms with Crippen LogP contribution >= 0.6 is 23.1 Å². The zero-order chi connectivity index (χ0) is 23.2. The SMILES string of the molecule is C[C@@H](N1Cc2cc(N3CCSCC3)sc2C1=O)[C@](O)(Cn1cncn1)c1ccc(F)cc1F. The summed E-state index contributed by atoms with van der Waals surface area (Å²) in [6, 6.07) is 4.29. The van der Waals surface area contributed by atoms with E-state index in [2.05, 4.69) is 21.0 Å². The van der Waals surface area contributed by atoms with E-state index < -0.39 is 23.3 Å². The van der Waals surface area contributed by atoms with Crippen molar-refractivity contribution < 1.29 is 18.7 Å². The molecule has 0 saturated carbocycles. The van der Waals surface area contributed by atoms with Crippen LogP contribution in [0.3, 0.4) is 0 Å². The van der Waals surface area contributed by atoms with Crippen molar-refractivity contribution in [2.45, 2.75) is 31.7 Å². The van der Waals surface area contributed by atoms with E-state index >= 15 is 0 Å². The van der Waals surface area contributed by atoms with Crippen LogP contribution in [0.15, 0.2) is 36.9 Å². The van der Waals surface area contributed by atoms with E-state index in [1.807, 2.05) is 11.8 Å². The highest BCUT2D eigenvalue weighted by Gasteiger charge is 2.46. The first kappa shape index (κ1) is 22.3. The summed E-state index contributed by atoms with van der Waals surface area (Å²) >= 11 is 3.39. The number of rotatable bonds is 6. The highest BCUT2D eigenvalue weighted by molar-refractivity contribution is 7.99. The summed E-state index contributed by atoms with van der Waals surface area (Å²) in [6.45, 7) is 3.76. The molecule has 0 radical (unpaired) electrons. The Labute approximate surface area is 198 Å². The zero-order valence-corrected chi connectivity index (χ0v) is 19.6. The van der Waals surface area contributed by atoms with Crippen LogP contribution in [0.4, 0.5) is 13.8 Å². The van der Waals surface area contributed by atoms with Crippen molar-refractivity contribution in [3.8, 4) is 0 Å². The molecule has 11 heteroatoms. The summed E-state index contributed by atoms with van der Waals surface area (Å²) in [5.74, 6) is 0.321. The largest absolute Gasteiger partial charge is 0.381 e. The van der Waals surface area contributed by atoms with Crippen LogP contribution in [0.25, 0.3) is 0 Å². The van der Waals surface area contributed by atoms with Crippen molar-refractivity contribution >= 4 is 34.0 Å². The second-order valence-electron chi connectivity index (χ2n) is 8.29. The van der Waals surface area contributed by atoms with E-state index in [-0.39, 0.29) is 18.0 Å². The van der Waals surface area contributed by atoms with Crippen molar-refractivity contribution in [1.29, 1.82) is 0 Å². The van der Waals surface area contributed by atoms with E-state index in [0.717, 1.165) is 47.3 Å². The zero-order valence-electron chi connectivity index (χ0n) is 17.9. The quantitative estimate of drug-likeness (QED) is 0.571. The predicted molar refractivity (Wildman–Crippen MR) is 123 cm³/mol. The van der Waals surface area contributed by atoms with Gasteiger partial charge in [0.05, 0.1) is 22.5 Å². The minimum Gasteiger partial charge on any atom is -0.381 e. The molecule has 0 unspecified atom stereocenters. The lowest BCUT2D eigenvalue weighted by Crippen LogP contribution is -2.52. The standard InChI is InChI=1S/C22H23F2N5O2S2/c1-14(22(31,11-28-13-25-12-26-28)17-3-2-16(23)9-18(17)24)29-10-15-8-19(33-20(15)21(29)30)27-4-6-32-7-5-27/h2-3,8-9,12-14,31H,4-7,10-11H2,1H3/t14-,22-/m1/s1. The number of anilines is 1. The molecule has 0 bridgehead atoms. The molecule has 4 heterocycles. The summed E-state index contributed by atoms with van der Waals surface area (Å²) in [5, 5.41) is 16.9. The van der Waals surface area contributed by atoms with E-state index in [1.165, 1.54) is 34.7 Å². The average Bonchev–Trinajstić information content (AvgIpc) is 3.52. The van der Waals surface area contributed by atoms with Crippen molar-refractivity contribution in [1.82, 2.24) is 19.7 Å².